The van der Waals surface area contributed by atoms with Crippen LogP contribution in [0.3, 0.4) is 0 Å². The lowest BCUT2D eigenvalue weighted by Gasteiger charge is -2.29. The molecule has 0 aliphatic carbocycles. The lowest BCUT2D eigenvalue weighted by molar-refractivity contribution is -0.140. The summed E-state index contributed by atoms with van der Waals surface area (Å²) in [7, 11) is 1.54. The summed E-state index contributed by atoms with van der Waals surface area (Å²) in [6.07, 6.45) is -4.73. The van der Waals surface area contributed by atoms with E-state index in [0.29, 0.717) is 44.0 Å². The minimum Gasteiger partial charge on any atom is -0.497 e. The van der Waals surface area contributed by atoms with Crippen LogP contribution in [0.4, 0.5) is 35.7 Å². The Kier molecular flexibility index (Phi) is 7.12. The van der Waals surface area contributed by atoms with Crippen LogP contribution in [0.15, 0.2) is 36.5 Å². The van der Waals surface area contributed by atoms with E-state index in [-0.39, 0.29) is 23.0 Å². The minimum atomic E-state index is -4.83. The van der Waals surface area contributed by atoms with Crippen LogP contribution >= 0.6 is 0 Å². The van der Waals surface area contributed by atoms with Gasteiger partial charge in [0.25, 0.3) is 0 Å². The van der Waals surface area contributed by atoms with Crippen LogP contribution in [0.5, 0.6) is 5.75 Å². The third-order valence-electron chi connectivity index (χ3n) is 6.54. The van der Waals surface area contributed by atoms with Gasteiger partial charge in [-0.2, -0.15) is 18.2 Å². The average Bonchev–Trinajstić information content (AvgIpc) is 3.29. The number of methoxy groups -OCH3 is 1. The van der Waals surface area contributed by atoms with Crippen molar-refractivity contribution in [3.8, 4) is 17.0 Å². The van der Waals surface area contributed by atoms with E-state index in [1.807, 2.05) is 13.0 Å². The van der Waals surface area contributed by atoms with Crippen molar-refractivity contribution in [1.29, 1.82) is 0 Å². The number of rotatable bonds is 6. The number of nitrogens with zero attached hydrogens (tertiary/aromatic N) is 6. The lowest BCUT2D eigenvalue weighted by atomic mass is 9.99. The number of aromatic nitrogens is 4. The molecule has 4 heterocycles. The predicted octanol–water partition coefficient (Wildman–Crippen LogP) is 3.86. The number of morpholine rings is 1. The van der Waals surface area contributed by atoms with Gasteiger partial charge < -0.3 is 24.8 Å². The van der Waals surface area contributed by atoms with Crippen LogP contribution < -0.4 is 20.3 Å². The predicted molar refractivity (Wildman–Crippen MR) is 134 cm³/mol. The van der Waals surface area contributed by atoms with Gasteiger partial charge in [-0.1, -0.05) is 19.1 Å². The first-order valence-electron chi connectivity index (χ1n) is 12.2. The molecule has 0 bridgehead atoms. The fourth-order valence-corrected chi connectivity index (χ4v) is 4.67. The SMILES string of the molecule is CCC1C(c2cccc(OC)c2)OC(=O)N1c1cc(-c2cnc(N)nc2C(F)(F)F)nc(N2CCOCC2)n1. The second-order valence-corrected chi connectivity index (χ2v) is 8.93. The van der Waals surface area contributed by atoms with Crippen LogP contribution in [0.1, 0.15) is 30.7 Å². The number of hydrogen-bond acceptors (Lipinski definition) is 10. The molecule has 0 spiro atoms. The summed E-state index contributed by atoms with van der Waals surface area (Å²) in [5.74, 6) is 0.305. The number of amides is 1. The molecule has 2 aliphatic rings. The molecule has 5 rings (SSSR count). The molecule has 1 amide bonds. The monoisotopic (exact) mass is 545 g/mol. The molecular weight excluding hydrogens is 519 g/mol. The Bertz CT molecular complexity index is 1370. The van der Waals surface area contributed by atoms with Crippen molar-refractivity contribution >= 4 is 23.8 Å². The summed E-state index contributed by atoms with van der Waals surface area (Å²) in [5, 5.41) is 0. The molecule has 39 heavy (non-hydrogen) atoms. The summed E-state index contributed by atoms with van der Waals surface area (Å²) in [4.78, 5) is 32.6. The highest BCUT2D eigenvalue weighted by Crippen LogP contribution is 2.41. The van der Waals surface area contributed by atoms with Gasteiger partial charge in [-0.25, -0.2) is 19.7 Å². The van der Waals surface area contributed by atoms with Crippen molar-refractivity contribution < 1.29 is 32.2 Å². The van der Waals surface area contributed by atoms with Gasteiger partial charge in [0.2, 0.25) is 11.9 Å². The van der Waals surface area contributed by atoms with E-state index < -0.39 is 36.1 Å². The molecule has 2 aliphatic heterocycles. The van der Waals surface area contributed by atoms with E-state index in [9.17, 15) is 18.0 Å². The maximum absolute atomic E-state index is 13.9. The molecule has 0 saturated carbocycles. The number of halogens is 3. The fourth-order valence-electron chi connectivity index (χ4n) is 4.67. The van der Waals surface area contributed by atoms with Crippen molar-refractivity contribution in [3.05, 3.63) is 47.8 Å². The Morgan fingerprint density at radius 2 is 1.92 bits per heavy atom. The molecule has 3 aromatic rings. The zero-order chi connectivity index (χ0) is 27.7. The second kappa shape index (κ2) is 10.5. The first-order valence-corrected chi connectivity index (χ1v) is 12.2. The number of benzene rings is 1. The van der Waals surface area contributed by atoms with Gasteiger partial charge in [-0.3, -0.25) is 4.90 Å². The zero-order valence-electron chi connectivity index (χ0n) is 21.2. The lowest BCUT2D eigenvalue weighted by Crippen LogP contribution is -2.39. The first-order chi connectivity index (χ1) is 18.7. The number of cyclic esters (lactones) is 1. The van der Waals surface area contributed by atoms with Gasteiger partial charge in [0, 0.05) is 30.9 Å². The Balaban J connectivity index is 1.63. The molecule has 2 unspecified atom stereocenters. The standard InChI is InChI=1S/C25H26F3N7O4/c1-3-18-20(14-5-4-6-15(11-14)37-2)39-24(36)35(18)19-12-17(31-23(32-19)34-7-9-38-10-8-34)16-13-30-22(29)33-21(16)25(26,27)28/h4-6,11-13,18,20H,3,7-10H2,1-2H3,(H2,29,30,33). The quantitative estimate of drug-likeness (QED) is 0.488. The summed E-state index contributed by atoms with van der Waals surface area (Å²) in [6.45, 7) is 3.50. The van der Waals surface area contributed by atoms with E-state index in [4.69, 9.17) is 19.9 Å². The summed E-state index contributed by atoms with van der Waals surface area (Å²) >= 11 is 0. The molecule has 0 radical (unpaired) electrons. The Morgan fingerprint density at radius 1 is 1.15 bits per heavy atom. The fraction of sp³-hybridized carbons (Fsp3) is 0.400. The topological polar surface area (TPSA) is 129 Å². The van der Waals surface area contributed by atoms with Crippen LogP contribution in [-0.2, 0) is 15.7 Å². The third-order valence-corrected chi connectivity index (χ3v) is 6.54. The van der Waals surface area contributed by atoms with Crippen molar-refractivity contribution in [3.63, 3.8) is 0 Å². The van der Waals surface area contributed by atoms with E-state index in [1.165, 1.54) is 18.1 Å². The minimum absolute atomic E-state index is 0.0914. The van der Waals surface area contributed by atoms with E-state index in [1.54, 1.807) is 23.1 Å². The summed E-state index contributed by atoms with van der Waals surface area (Å²) in [5.41, 5.74) is 4.45. The number of alkyl halides is 3. The van der Waals surface area contributed by atoms with E-state index in [0.717, 1.165) is 6.20 Å². The maximum Gasteiger partial charge on any atom is 0.434 e. The van der Waals surface area contributed by atoms with E-state index in [2.05, 4.69) is 19.9 Å². The van der Waals surface area contributed by atoms with Crippen LogP contribution in [0, 0.1) is 0 Å². The van der Waals surface area contributed by atoms with Gasteiger partial charge in [0.05, 0.1) is 32.1 Å². The Labute approximate surface area is 221 Å². The van der Waals surface area contributed by atoms with Crippen LogP contribution in [0.2, 0.25) is 0 Å². The van der Waals surface area contributed by atoms with Gasteiger partial charge in [0.1, 0.15) is 17.7 Å². The van der Waals surface area contributed by atoms with Gasteiger partial charge in [-0.05, 0) is 24.1 Å². The van der Waals surface area contributed by atoms with Gasteiger partial charge >= 0.3 is 12.3 Å². The normalized spacial score (nSPS) is 19.8. The van der Waals surface area contributed by atoms with Crippen LogP contribution in [0.25, 0.3) is 11.3 Å². The average molecular weight is 546 g/mol. The zero-order valence-corrected chi connectivity index (χ0v) is 21.2. The van der Waals surface area contributed by atoms with Crippen LogP contribution in [-0.4, -0.2) is 65.5 Å². The number of carbonyl (C=O) groups is 1. The number of anilines is 3. The molecule has 2 atom stereocenters. The maximum atomic E-state index is 13.9. The molecule has 2 saturated heterocycles. The molecule has 11 nitrogen and oxygen atoms in total. The molecule has 1 aromatic carbocycles. The first kappa shape index (κ1) is 26.4. The smallest absolute Gasteiger partial charge is 0.434 e. The highest BCUT2D eigenvalue weighted by Gasteiger charge is 2.44. The largest absolute Gasteiger partial charge is 0.497 e. The number of hydrogen-bond donors (Lipinski definition) is 1. The molecule has 2 N–H and O–H groups in total. The van der Waals surface area contributed by atoms with Crippen molar-refractivity contribution in [2.75, 3.05) is 48.9 Å². The highest BCUT2D eigenvalue weighted by atomic mass is 19.4. The summed E-state index contributed by atoms with van der Waals surface area (Å²) < 4.78 is 58.3. The van der Waals surface area contributed by atoms with Crippen molar-refractivity contribution in [2.24, 2.45) is 0 Å². The molecule has 2 fully saturated rings. The number of nitrogen functional groups attached to an aromatic ring is 1. The number of carbonyl (C=O) groups excluding carboxylic acids is 1. The van der Waals surface area contributed by atoms with Gasteiger partial charge in [-0.15, -0.1) is 0 Å². The molecule has 2 aromatic heterocycles. The molecule has 14 heteroatoms. The highest BCUT2D eigenvalue weighted by molar-refractivity contribution is 5.90. The molecular formula is C25H26F3N7O4. The van der Waals surface area contributed by atoms with Crippen molar-refractivity contribution in [2.45, 2.75) is 31.7 Å². The molecule has 206 valence electrons. The van der Waals surface area contributed by atoms with Crippen molar-refractivity contribution in [1.82, 2.24) is 19.9 Å². The number of nitrogens with two attached hydrogens (primary N) is 1. The summed E-state index contributed by atoms with van der Waals surface area (Å²) in [6, 6.07) is 7.96. The Hall–Kier alpha value is -4.20. The van der Waals surface area contributed by atoms with Gasteiger partial charge in [0.15, 0.2) is 5.69 Å². The Morgan fingerprint density at radius 3 is 2.62 bits per heavy atom. The number of ether oxygens (including phenoxy) is 3. The third kappa shape index (κ3) is 5.24. The van der Waals surface area contributed by atoms with E-state index >= 15 is 0 Å². The second-order valence-electron chi connectivity index (χ2n) is 8.93.